The van der Waals surface area contributed by atoms with Gasteiger partial charge in [0.1, 0.15) is 12.1 Å². The second-order valence-electron chi connectivity index (χ2n) is 7.63. The summed E-state index contributed by atoms with van der Waals surface area (Å²) in [5.41, 5.74) is 2.97. The molecule has 5 rings (SSSR count). The molecule has 1 N–H and O–H groups in total. The number of H-pyrrole nitrogens is 1. The minimum Gasteiger partial charge on any atom is -0.497 e. The number of anilines is 1. The first-order valence-electron chi connectivity index (χ1n) is 11.2. The van der Waals surface area contributed by atoms with Gasteiger partial charge < -0.3 is 9.64 Å². The number of aromatic amines is 1. The van der Waals surface area contributed by atoms with Gasteiger partial charge in [-0.2, -0.15) is 15.1 Å². The summed E-state index contributed by atoms with van der Waals surface area (Å²) in [6, 6.07) is 16.1. The van der Waals surface area contributed by atoms with Crippen molar-refractivity contribution in [1.29, 1.82) is 0 Å². The number of methoxy groups -OCH3 is 1. The lowest BCUT2D eigenvalue weighted by molar-refractivity contribution is -0.122. The van der Waals surface area contributed by atoms with Crippen molar-refractivity contribution in [3.05, 3.63) is 76.4 Å². The summed E-state index contributed by atoms with van der Waals surface area (Å²) in [4.78, 5) is 27.9. The number of hydrogen-bond acceptors (Lipinski definition) is 8. The molecule has 178 valence electrons. The van der Waals surface area contributed by atoms with Crippen LogP contribution in [0.1, 0.15) is 19.4 Å². The van der Waals surface area contributed by atoms with Gasteiger partial charge in [-0.3, -0.25) is 9.69 Å². The summed E-state index contributed by atoms with van der Waals surface area (Å²) in [6.07, 6.45) is 3.51. The molecule has 8 nitrogen and oxygen atoms in total. The fraction of sp³-hybridized carbons (Fsp3) is 0.200. The maximum atomic E-state index is 13.6. The SMILES string of the molecule is CCN1C(=O)/C(=C(\C=C2\Sc3cc(OC)ccc3N2CC)c2ccccc2)S/C1=N/c1ncn[nH]1. The Hall–Kier alpha value is -3.50. The Morgan fingerprint density at radius 1 is 1.11 bits per heavy atom. The smallest absolute Gasteiger partial charge is 0.267 e. The second-order valence-corrected chi connectivity index (χ2v) is 9.67. The third-order valence-electron chi connectivity index (χ3n) is 5.64. The zero-order valence-corrected chi connectivity index (χ0v) is 21.2. The van der Waals surface area contributed by atoms with Gasteiger partial charge >= 0.3 is 0 Å². The molecule has 35 heavy (non-hydrogen) atoms. The van der Waals surface area contributed by atoms with Gasteiger partial charge in [0, 0.05) is 23.6 Å². The van der Waals surface area contributed by atoms with Gasteiger partial charge in [-0.15, -0.1) is 0 Å². The van der Waals surface area contributed by atoms with Crippen LogP contribution < -0.4 is 9.64 Å². The van der Waals surface area contributed by atoms with E-state index in [1.165, 1.54) is 18.1 Å². The number of ether oxygens (including phenoxy) is 1. The van der Waals surface area contributed by atoms with Crippen LogP contribution >= 0.6 is 23.5 Å². The van der Waals surface area contributed by atoms with Crippen LogP contribution in [0.2, 0.25) is 0 Å². The van der Waals surface area contributed by atoms with E-state index in [-0.39, 0.29) is 5.91 Å². The standard InChI is InChI=1S/C25H24N6O2S2/c1-4-30-19-12-11-17(33-3)13-20(19)34-21(30)14-18(16-9-7-6-8-10-16)22-23(32)31(5-2)25(35-22)28-24-26-15-27-29-24/h6-15H,4-5H2,1-3H3,(H,26,27,29)/b21-14+,22-18-,28-25+. The molecule has 2 aliphatic rings. The number of rotatable bonds is 6. The molecule has 2 aliphatic heterocycles. The summed E-state index contributed by atoms with van der Waals surface area (Å²) in [5.74, 6) is 1.12. The third kappa shape index (κ3) is 4.46. The number of aromatic nitrogens is 3. The second kappa shape index (κ2) is 10.0. The maximum Gasteiger partial charge on any atom is 0.267 e. The van der Waals surface area contributed by atoms with Crippen LogP contribution in [0.3, 0.4) is 0 Å². The number of fused-ring (bicyclic) bond motifs is 1. The Morgan fingerprint density at radius 2 is 1.91 bits per heavy atom. The molecule has 0 saturated carbocycles. The summed E-state index contributed by atoms with van der Waals surface area (Å²) in [6.45, 7) is 5.37. The van der Waals surface area contributed by atoms with Gasteiger partial charge in [0.05, 0.1) is 22.7 Å². The molecule has 0 unspecified atom stereocenters. The number of likely N-dealkylation sites (N-methyl/N-ethyl adjacent to an activating group) is 1. The predicted octanol–water partition coefficient (Wildman–Crippen LogP) is 5.28. The summed E-state index contributed by atoms with van der Waals surface area (Å²) in [7, 11) is 1.67. The highest BCUT2D eigenvalue weighted by Gasteiger charge is 2.35. The van der Waals surface area contributed by atoms with E-state index in [1.807, 2.05) is 43.3 Å². The van der Waals surface area contributed by atoms with Crippen LogP contribution in [0.4, 0.5) is 11.6 Å². The summed E-state index contributed by atoms with van der Waals surface area (Å²) >= 11 is 3.04. The van der Waals surface area contributed by atoms with Crippen LogP contribution in [0, 0.1) is 0 Å². The Bertz CT molecular complexity index is 1340. The Labute approximate surface area is 212 Å². The molecule has 10 heteroatoms. The Morgan fingerprint density at radius 3 is 2.60 bits per heavy atom. The quantitative estimate of drug-likeness (QED) is 0.457. The lowest BCUT2D eigenvalue weighted by atomic mass is 10.0. The number of aliphatic imine (C=N–C) groups is 1. The van der Waals surface area contributed by atoms with E-state index in [4.69, 9.17) is 4.74 Å². The van der Waals surface area contributed by atoms with Crippen molar-refractivity contribution in [3.63, 3.8) is 0 Å². The largest absolute Gasteiger partial charge is 0.497 e. The van der Waals surface area contributed by atoms with E-state index in [0.29, 0.717) is 22.6 Å². The van der Waals surface area contributed by atoms with Crippen molar-refractivity contribution in [2.24, 2.45) is 4.99 Å². The number of allylic oxidation sites excluding steroid dienone is 2. The molecule has 3 heterocycles. The summed E-state index contributed by atoms with van der Waals surface area (Å²) < 4.78 is 5.43. The minimum atomic E-state index is -0.0725. The molecule has 1 aromatic heterocycles. The number of thioether (sulfide) groups is 2. The van der Waals surface area contributed by atoms with Crippen molar-refractivity contribution in [3.8, 4) is 5.75 Å². The number of carbonyl (C=O) groups excluding carboxylic acids is 1. The van der Waals surface area contributed by atoms with E-state index in [1.54, 1.807) is 23.8 Å². The first-order chi connectivity index (χ1) is 17.1. The number of amidine groups is 1. The van der Waals surface area contributed by atoms with Gasteiger partial charge in [0.2, 0.25) is 5.95 Å². The topological polar surface area (TPSA) is 86.7 Å². The number of carbonyl (C=O) groups is 1. The van der Waals surface area contributed by atoms with Crippen LogP contribution in [-0.4, -0.2) is 51.4 Å². The average molecular weight is 505 g/mol. The maximum absolute atomic E-state index is 13.6. The molecular weight excluding hydrogens is 480 g/mol. The number of benzene rings is 2. The van der Waals surface area contributed by atoms with Crippen molar-refractivity contribution >= 4 is 51.8 Å². The van der Waals surface area contributed by atoms with Gasteiger partial charge in [-0.1, -0.05) is 42.1 Å². The number of nitrogens with one attached hydrogen (secondary N) is 1. The highest BCUT2D eigenvalue weighted by molar-refractivity contribution is 8.18. The lowest BCUT2D eigenvalue weighted by Crippen LogP contribution is -2.28. The van der Waals surface area contributed by atoms with Crippen molar-refractivity contribution in [1.82, 2.24) is 20.1 Å². The molecule has 1 saturated heterocycles. The molecule has 0 spiro atoms. The zero-order valence-electron chi connectivity index (χ0n) is 19.6. The van der Waals surface area contributed by atoms with E-state index in [0.717, 1.165) is 39.0 Å². The van der Waals surface area contributed by atoms with Gasteiger partial charge in [-0.25, -0.2) is 5.10 Å². The van der Waals surface area contributed by atoms with Crippen molar-refractivity contribution in [2.75, 3.05) is 25.1 Å². The van der Waals surface area contributed by atoms with Crippen LogP contribution in [0.15, 0.2) is 80.8 Å². The number of hydrogen-bond donors (Lipinski definition) is 1. The Balaban J connectivity index is 1.63. The highest BCUT2D eigenvalue weighted by Crippen LogP contribution is 2.49. The van der Waals surface area contributed by atoms with E-state index in [9.17, 15) is 4.79 Å². The van der Waals surface area contributed by atoms with Crippen LogP contribution in [-0.2, 0) is 4.79 Å². The van der Waals surface area contributed by atoms with E-state index in [2.05, 4.69) is 50.2 Å². The molecule has 0 bridgehead atoms. The fourth-order valence-electron chi connectivity index (χ4n) is 3.94. The first kappa shape index (κ1) is 23.3. The van der Waals surface area contributed by atoms with Crippen molar-refractivity contribution < 1.29 is 9.53 Å². The average Bonchev–Trinajstić information content (AvgIpc) is 3.60. The molecule has 0 radical (unpaired) electrons. The van der Waals surface area contributed by atoms with Gasteiger partial charge in [-0.05, 0) is 55.4 Å². The monoisotopic (exact) mass is 504 g/mol. The van der Waals surface area contributed by atoms with Crippen LogP contribution in [0.25, 0.3) is 5.57 Å². The molecular formula is C25H24N6O2S2. The van der Waals surface area contributed by atoms with Crippen molar-refractivity contribution in [2.45, 2.75) is 18.7 Å². The lowest BCUT2D eigenvalue weighted by Gasteiger charge is -2.19. The summed E-state index contributed by atoms with van der Waals surface area (Å²) in [5, 5.41) is 8.24. The first-order valence-corrected chi connectivity index (χ1v) is 12.8. The molecule has 3 aromatic rings. The minimum absolute atomic E-state index is 0.0725. The number of amides is 1. The normalized spacial score (nSPS) is 19.1. The van der Waals surface area contributed by atoms with Crippen LogP contribution in [0.5, 0.6) is 5.75 Å². The molecule has 1 amide bonds. The molecule has 0 aliphatic carbocycles. The number of nitrogens with zero attached hydrogens (tertiary/aromatic N) is 5. The molecule has 0 atom stereocenters. The Kier molecular flexibility index (Phi) is 6.65. The highest BCUT2D eigenvalue weighted by atomic mass is 32.2. The fourth-order valence-corrected chi connectivity index (χ4v) is 6.26. The zero-order chi connectivity index (χ0) is 24.4. The molecule has 1 fully saturated rings. The van der Waals surface area contributed by atoms with Gasteiger partial charge in [0.25, 0.3) is 5.91 Å². The third-order valence-corrected chi connectivity index (χ3v) is 7.82. The van der Waals surface area contributed by atoms with Gasteiger partial charge in [0.15, 0.2) is 5.17 Å². The van der Waals surface area contributed by atoms with E-state index >= 15 is 0 Å². The predicted molar refractivity (Wildman–Crippen MR) is 142 cm³/mol. The molecule has 2 aromatic carbocycles. The van der Waals surface area contributed by atoms with E-state index < -0.39 is 0 Å².